The lowest BCUT2D eigenvalue weighted by Crippen LogP contribution is -2.28. The van der Waals surface area contributed by atoms with Crippen LogP contribution in [0.3, 0.4) is 0 Å². The largest absolute Gasteiger partial charge is 0.496 e. The van der Waals surface area contributed by atoms with Crippen molar-refractivity contribution in [2.24, 2.45) is 0 Å². The van der Waals surface area contributed by atoms with E-state index >= 15 is 0 Å². The van der Waals surface area contributed by atoms with Gasteiger partial charge in [0.2, 0.25) is 5.91 Å². The first-order valence-corrected chi connectivity index (χ1v) is 8.24. The highest BCUT2D eigenvalue weighted by Gasteiger charge is 2.26. The minimum absolute atomic E-state index is 0.0528. The molecule has 1 unspecified atom stereocenters. The van der Waals surface area contributed by atoms with E-state index in [0.717, 1.165) is 11.1 Å². The zero-order valence-corrected chi connectivity index (χ0v) is 14.7. The highest BCUT2D eigenvalue weighted by Crippen LogP contribution is 2.32. The first kappa shape index (κ1) is 17.7. The number of H-pyrrole nitrogens is 1. The molecule has 0 aliphatic heterocycles. The molecule has 0 saturated carbocycles. The summed E-state index contributed by atoms with van der Waals surface area (Å²) < 4.78 is 5.42. The maximum absolute atomic E-state index is 12.4. The predicted octanol–water partition coefficient (Wildman–Crippen LogP) is 3.32. The topological polar surface area (TPSA) is 87.2 Å². The van der Waals surface area contributed by atoms with Crippen molar-refractivity contribution in [3.63, 3.8) is 0 Å². The number of nitrogens with one attached hydrogen (secondary N) is 2. The lowest BCUT2D eigenvalue weighted by molar-refractivity contribution is -0.120. The highest BCUT2D eigenvalue weighted by atomic mass is 16.5. The molecule has 0 saturated heterocycles. The van der Waals surface area contributed by atoms with E-state index < -0.39 is 5.60 Å². The van der Waals surface area contributed by atoms with Gasteiger partial charge < -0.3 is 15.2 Å². The Balaban J connectivity index is 1.73. The van der Waals surface area contributed by atoms with Crippen molar-refractivity contribution in [1.29, 1.82) is 0 Å². The quantitative estimate of drug-likeness (QED) is 0.636. The van der Waals surface area contributed by atoms with Crippen LogP contribution in [0.25, 0.3) is 11.1 Å². The summed E-state index contributed by atoms with van der Waals surface area (Å²) in [5.41, 5.74) is 1.82. The van der Waals surface area contributed by atoms with Crippen LogP contribution in [0.5, 0.6) is 5.75 Å². The van der Waals surface area contributed by atoms with Crippen molar-refractivity contribution in [2.45, 2.75) is 18.9 Å². The van der Waals surface area contributed by atoms with Crippen LogP contribution in [0, 0.1) is 0 Å². The highest BCUT2D eigenvalue weighted by molar-refractivity contribution is 5.92. The Hall–Kier alpha value is -3.12. The number of hydrogen-bond acceptors (Lipinski definition) is 4. The van der Waals surface area contributed by atoms with Gasteiger partial charge in [0, 0.05) is 29.1 Å². The van der Waals surface area contributed by atoms with E-state index in [1.54, 1.807) is 50.7 Å². The molecular weight excluding hydrogens is 330 g/mol. The number of methoxy groups -OCH3 is 1. The molecule has 3 rings (SSSR count). The molecule has 0 bridgehead atoms. The molecule has 134 valence electrons. The number of carbonyl (C=O) groups excluding carboxylic acids is 1. The fourth-order valence-electron chi connectivity index (χ4n) is 2.82. The summed E-state index contributed by atoms with van der Waals surface area (Å²) >= 11 is 0. The molecule has 0 aliphatic carbocycles. The third kappa shape index (κ3) is 3.92. The van der Waals surface area contributed by atoms with E-state index in [9.17, 15) is 9.90 Å². The summed E-state index contributed by atoms with van der Waals surface area (Å²) in [7, 11) is 1.57. The normalized spacial score (nSPS) is 13.0. The Morgan fingerprint density at radius 2 is 2.04 bits per heavy atom. The van der Waals surface area contributed by atoms with Gasteiger partial charge >= 0.3 is 0 Å². The van der Waals surface area contributed by atoms with Crippen LogP contribution >= 0.6 is 0 Å². The van der Waals surface area contributed by atoms with E-state index in [-0.39, 0.29) is 12.3 Å². The molecule has 3 aromatic rings. The van der Waals surface area contributed by atoms with Crippen molar-refractivity contribution in [3.05, 3.63) is 66.5 Å². The molecule has 0 aliphatic rings. The fraction of sp³-hybridized carbons (Fsp3) is 0.200. The van der Waals surface area contributed by atoms with Gasteiger partial charge in [-0.15, -0.1) is 0 Å². The van der Waals surface area contributed by atoms with Gasteiger partial charge in [0.1, 0.15) is 5.75 Å². The summed E-state index contributed by atoms with van der Waals surface area (Å²) in [6.07, 6.45) is 3.42. The number of hydrogen-bond donors (Lipinski definition) is 3. The number of nitrogens with zero attached hydrogens (tertiary/aromatic N) is 1. The molecule has 1 atom stereocenters. The van der Waals surface area contributed by atoms with Crippen LogP contribution in [-0.2, 0) is 10.4 Å². The van der Waals surface area contributed by atoms with Gasteiger partial charge in [-0.2, -0.15) is 5.10 Å². The summed E-state index contributed by atoms with van der Waals surface area (Å²) in [4.78, 5) is 12.4. The molecular formula is C20H21N3O3. The maximum Gasteiger partial charge on any atom is 0.227 e. The number of ether oxygens (including phenoxy) is 1. The molecule has 1 amide bonds. The van der Waals surface area contributed by atoms with Crippen molar-refractivity contribution < 1.29 is 14.6 Å². The Morgan fingerprint density at radius 1 is 1.27 bits per heavy atom. The minimum Gasteiger partial charge on any atom is -0.496 e. The van der Waals surface area contributed by atoms with Gasteiger partial charge in [-0.1, -0.05) is 30.3 Å². The Labute approximate surface area is 151 Å². The van der Waals surface area contributed by atoms with Gasteiger partial charge in [-0.05, 0) is 24.6 Å². The van der Waals surface area contributed by atoms with Crippen LogP contribution in [0.15, 0.2) is 60.9 Å². The van der Waals surface area contributed by atoms with Gasteiger partial charge in [-0.3, -0.25) is 9.89 Å². The zero-order valence-electron chi connectivity index (χ0n) is 14.7. The van der Waals surface area contributed by atoms with E-state index in [1.807, 2.05) is 24.3 Å². The van der Waals surface area contributed by atoms with Gasteiger partial charge in [-0.25, -0.2) is 0 Å². The lowest BCUT2D eigenvalue weighted by atomic mass is 9.92. The summed E-state index contributed by atoms with van der Waals surface area (Å²) in [6.45, 7) is 1.63. The number of rotatable bonds is 6. The third-order valence-corrected chi connectivity index (χ3v) is 4.19. The second kappa shape index (κ2) is 7.41. The predicted molar refractivity (Wildman–Crippen MR) is 99.8 cm³/mol. The van der Waals surface area contributed by atoms with Gasteiger partial charge in [0.15, 0.2) is 0 Å². The van der Waals surface area contributed by atoms with Crippen LogP contribution < -0.4 is 10.1 Å². The van der Waals surface area contributed by atoms with E-state index in [2.05, 4.69) is 15.5 Å². The minimum atomic E-state index is -1.24. The number of carbonyl (C=O) groups is 1. The van der Waals surface area contributed by atoms with E-state index in [1.165, 1.54) is 0 Å². The van der Waals surface area contributed by atoms with E-state index in [0.29, 0.717) is 17.0 Å². The smallest absolute Gasteiger partial charge is 0.227 e. The third-order valence-electron chi connectivity index (χ3n) is 4.19. The first-order valence-electron chi connectivity index (χ1n) is 8.24. The standard InChI is InChI=1S/C20H21N3O3/c1-20(25,15-6-4-3-5-7-15)11-19(24)23-16-8-9-17(18(10-16)26-2)14-12-21-22-13-14/h3-10,12-13,25H,11H2,1-2H3,(H,21,22)(H,23,24). The summed E-state index contributed by atoms with van der Waals surface area (Å²) in [5.74, 6) is 0.344. The van der Waals surface area contributed by atoms with Crippen molar-refractivity contribution in [1.82, 2.24) is 10.2 Å². The molecule has 6 heteroatoms. The number of amides is 1. The lowest BCUT2D eigenvalue weighted by Gasteiger charge is -2.23. The average molecular weight is 351 g/mol. The summed E-state index contributed by atoms with van der Waals surface area (Å²) in [5, 5.41) is 20.1. The average Bonchev–Trinajstić information content (AvgIpc) is 3.16. The Bertz CT molecular complexity index is 875. The second-order valence-electron chi connectivity index (χ2n) is 6.27. The molecule has 1 heterocycles. The summed E-state index contributed by atoms with van der Waals surface area (Å²) in [6, 6.07) is 14.5. The van der Waals surface area contributed by atoms with Gasteiger partial charge in [0.05, 0.1) is 25.3 Å². The fourth-order valence-corrected chi connectivity index (χ4v) is 2.82. The number of anilines is 1. The SMILES string of the molecule is COc1cc(NC(=O)CC(C)(O)c2ccccc2)ccc1-c1cn[nH]c1. The molecule has 6 nitrogen and oxygen atoms in total. The van der Waals surface area contributed by atoms with Crippen molar-refractivity contribution in [2.75, 3.05) is 12.4 Å². The molecule has 2 aromatic carbocycles. The number of aromatic nitrogens is 2. The van der Waals surface area contributed by atoms with Gasteiger partial charge in [0.25, 0.3) is 0 Å². The number of benzene rings is 2. The van der Waals surface area contributed by atoms with Crippen molar-refractivity contribution in [3.8, 4) is 16.9 Å². The maximum atomic E-state index is 12.4. The van der Waals surface area contributed by atoms with E-state index in [4.69, 9.17) is 4.74 Å². The molecule has 26 heavy (non-hydrogen) atoms. The zero-order chi connectivity index (χ0) is 18.6. The molecule has 3 N–H and O–H groups in total. The Kier molecular flexibility index (Phi) is 5.04. The van der Waals surface area contributed by atoms with Crippen LogP contribution in [0.1, 0.15) is 18.9 Å². The number of aliphatic hydroxyl groups is 1. The van der Waals surface area contributed by atoms with Crippen LogP contribution in [0.4, 0.5) is 5.69 Å². The molecule has 0 fully saturated rings. The van der Waals surface area contributed by atoms with Crippen molar-refractivity contribution >= 4 is 11.6 Å². The Morgan fingerprint density at radius 3 is 2.69 bits per heavy atom. The second-order valence-corrected chi connectivity index (χ2v) is 6.27. The molecule has 1 aromatic heterocycles. The van der Waals surface area contributed by atoms with Crippen LogP contribution in [-0.4, -0.2) is 28.3 Å². The monoisotopic (exact) mass is 351 g/mol. The molecule has 0 radical (unpaired) electrons. The first-order chi connectivity index (χ1) is 12.5. The molecule has 0 spiro atoms. The van der Waals surface area contributed by atoms with Crippen LogP contribution in [0.2, 0.25) is 0 Å². The number of aromatic amines is 1.